The zero-order chi connectivity index (χ0) is 19.5. The predicted octanol–water partition coefficient (Wildman–Crippen LogP) is 3.47. The van der Waals surface area contributed by atoms with Crippen LogP contribution in [0.4, 0.5) is 14.8 Å². The Morgan fingerprint density at radius 1 is 1.04 bits per heavy atom. The molecule has 1 amide bonds. The number of amides is 1. The fourth-order valence-electron chi connectivity index (χ4n) is 3.16. The summed E-state index contributed by atoms with van der Waals surface area (Å²) >= 11 is 0. The molecule has 1 fully saturated rings. The van der Waals surface area contributed by atoms with Crippen molar-refractivity contribution in [3.63, 3.8) is 0 Å². The van der Waals surface area contributed by atoms with Gasteiger partial charge in [-0.15, -0.1) is 5.10 Å². The van der Waals surface area contributed by atoms with Gasteiger partial charge in [0.15, 0.2) is 11.6 Å². The van der Waals surface area contributed by atoms with Crippen LogP contribution in [-0.2, 0) is 0 Å². The minimum Gasteiger partial charge on any atom is -0.405 e. The van der Waals surface area contributed by atoms with Crippen LogP contribution in [0.1, 0.15) is 40.7 Å². The number of aromatic nitrogens is 2. The van der Waals surface area contributed by atoms with Crippen molar-refractivity contribution in [2.45, 2.75) is 18.9 Å². The molecular formula is C20H18F2N4O2. The summed E-state index contributed by atoms with van der Waals surface area (Å²) in [4.78, 5) is 14.6. The molecule has 0 saturated carbocycles. The molecule has 1 aromatic heterocycles. The highest BCUT2D eigenvalue weighted by molar-refractivity contribution is 5.94. The van der Waals surface area contributed by atoms with Gasteiger partial charge in [0.1, 0.15) is 6.04 Å². The smallest absolute Gasteiger partial charge is 0.318 e. The van der Waals surface area contributed by atoms with E-state index in [1.165, 1.54) is 6.07 Å². The van der Waals surface area contributed by atoms with E-state index < -0.39 is 23.6 Å². The lowest BCUT2D eigenvalue weighted by atomic mass is 10.1. The Balaban J connectivity index is 1.62. The first-order chi connectivity index (χ1) is 13.6. The van der Waals surface area contributed by atoms with Crippen LogP contribution in [0.25, 0.3) is 0 Å². The van der Waals surface area contributed by atoms with E-state index in [0.717, 1.165) is 43.6 Å². The van der Waals surface area contributed by atoms with E-state index in [2.05, 4.69) is 15.5 Å². The molecule has 1 atom stereocenters. The van der Waals surface area contributed by atoms with Gasteiger partial charge >= 0.3 is 6.01 Å². The Hall–Kier alpha value is -3.29. The second kappa shape index (κ2) is 7.75. The molecule has 0 aliphatic carbocycles. The molecule has 1 N–H and O–H groups in total. The number of carbonyl (C=O) groups is 1. The SMILES string of the molecule is O=C(N[C@@H](c1ccccc1)c1nnc(N2CCCC2)o1)c1ccc(F)c(F)c1. The second-order valence-electron chi connectivity index (χ2n) is 6.56. The van der Waals surface area contributed by atoms with Crippen LogP contribution in [0.3, 0.4) is 0 Å². The average molecular weight is 384 g/mol. The minimum atomic E-state index is -1.09. The maximum absolute atomic E-state index is 13.5. The topological polar surface area (TPSA) is 71.3 Å². The summed E-state index contributed by atoms with van der Waals surface area (Å²) in [5.41, 5.74) is 0.731. The van der Waals surface area contributed by atoms with Gasteiger partial charge in [0.05, 0.1) is 0 Å². The van der Waals surface area contributed by atoms with E-state index in [4.69, 9.17) is 4.42 Å². The fourth-order valence-corrected chi connectivity index (χ4v) is 3.16. The molecule has 1 saturated heterocycles. The van der Waals surface area contributed by atoms with Crippen molar-refractivity contribution in [3.8, 4) is 0 Å². The maximum Gasteiger partial charge on any atom is 0.318 e. The van der Waals surface area contributed by atoms with Crippen LogP contribution in [-0.4, -0.2) is 29.2 Å². The van der Waals surface area contributed by atoms with Crippen LogP contribution < -0.4 is 10.2 Å². The van der Waals surface area contributed by atoms with Gasteiger partial charge in [-0.3, -0.25) is 4.79 Å². The van der Waals surface area contributed by atoms with Crippen molar-refractivity contribution in [3.05, 3.63) is 77.2 Å². The summed E-state index contributed by atoms with van der Waals surface area (Å²) in [6.07, 6.45) is 2.12. The zero-order valence-electron chi connectivity index (χ0n) is 14.9. The van der Waals surface area contributed by atoms with Gasteiger partial charge in [-0.05, 0) is 36.6 Å². The van der Waals surface area contributed by atoms with E-state index in [0.29, 0.717) is 6.01 Å². The number of benzene rings is 2. The second-order valence-corrected chi connectivity index (χ2v) is 6.56. The van der Waals surface area contributed by atoms with Gasteiger partial charge in [-0.2, -0.15) is 0 Å². The maximum atomic E-state index is 13.5. The molecule has 0 spiro atoms. The van der Waals surface area contributed by atoms with Gasteiger partial charge in [0.2, 0.25) is 5.89 Å². The van der Waals surface area contributed by atoms with E-state index in [1.54, 1.807) is 0 Å². The monoisotopic (exact) mass is 384 g/mol. The molecule has 8 heteroatoms. The summed E-state index contributed by atoms with van der Waals surface area (Å²) < 4.78 is 32.5. The quantitative estimate of drug-likeness (QED) is 0.729. The molecule has 0 unspecified atom stereocenters. The number of anilines is 1. The first-order valence-electron chi connectivity index (χ1n) is 9.01. The van der Waals surface area contributed by atoms with Crippen molar-refractivity contribution >= 4 is 11.9 Å². The Morgan fingerprint density at radius 3 is 2.50 bits per heavy atom. The molecule has 6 nitrogen and oxygen atoms in total. The fraction of sp³-hybridized carbons (Fsp3) is 0.250. The Morgan fingerprint density at radius 2 is 1.79 bits per heavy atom. The van der Waals surface area contributed by atoms with E-state index in [9.17, 15) is 13.6 Å². The number of carbonyl (C=O) groups excluding carboxylic acids is 1. The molecule has 0 radical (unpaired) electrons. The minimum absolute atomic E-state index is 0.000821. The van der Waals surface area contributed by atoms with E-state index >= 15 is 0 Å². The van der Waals surface area contributed by atoms with Gasteiger partial charge in [-0.1, -0.05) is 35.4 Å². The number of rotatable bonds is 5. The first-order valence-corrected chi connectivity index (χ1v) is 9.01. The molecule has 28 heavy (non-hydrogen) atoms. The lowest BCUT2D eigenvalue weighted by Gasteiger charge is -2.16. The first kappa shape index (κ1) is 18.1. The lowest BCUT2D eigenvalue weighted by Crippen LogP contribution is -2.29. The summed E-state index contributed by atoms with van der Waals surface area (Å²) in [6, 6.07) is 11.8. The number of halogens is 2. The summed E-state index contributed by atoms with van der Waals surface area (Å²) in [6.45, 7) is 1.69. The van der Waals surface area contributed by atoms with Crippen LogP contribution in [0.5, 0.6) is 0 Å². The molecule has 2 aromatic carbocycles. The molecule has 1 aliphatic rings. The number of hydrogen-bond acceptors (Lipinski definition) is 5. The number of hydrogen-bond donors (Lipinski definition) is 1. The van der Waals surface area contributed by atoms with Crippen LogP contribution >= 0.6 is 0 Å². The molecular weight excluding hydrogens is 366 g/mol. The molecule has 144 valence electrons. The van der Waals surface area contributed by atoms with E-state index in [1.807, 2.05) is 35.2 Å². The summed E-state index contributed by atoms with van der Waals surface area (Å²) in [5.74, 6) is -2.45. The average Bonchev–Trinajstić information content (AvgIpc) is 3.40. The molecule has 1 aliphatic heterocycles. The van der Waals surface area contributed by atoms with E-state index in [-0.39, 0.29) is 11.5 Å². The van der Waals surface area contributed by atoms with Crippen molar-refractivity contribution in [2.24, 2.45) is 0 Å². The van der Waals surface area contributed by atoms with Crippen LogP contribution in [0.15, 0.2) is 52.9 Å². The highest BCUT2D eigenvalue weighted by atomic mass is 19.2. The van der Waals surface area contributed by atoms with Crippen molar-refractivity contribution < 1.29 is 18.0 Å². The standard InChI is InChI=1S/C20H18F2N4O2/c21-15-9-8-14(12-16(15)22)18(27)23-17(13-6-2-1-3-7-13)19-24-25-20(28-19)26-10-4-5-11-26/h1-3,6-9,12,17H,4-5,10-11H2,(H,23,27)/t17-/m0/s1. The molecule has 4 rings (SSSR count). The Labute approximate surface area is 160 Å². The number of nitrogens with one attached hydrogen (secondary N) is 1. The summed E-state index contributed by atoms with van der Waals surface area (Å²) in [7, 11) is 0. The predicted molar refractivity (Wildman–Crippen MR) is 97.9 cm³/mol. The highest BCUT2D eigenvalue weighted by Crippen LogP contribution is 2.26. The van der Waals surface area contributed by atoms with Crippen LogP contribution in [0.2, 0.25) is 0 Å². The summed E-state index contributed by atoms with van der Waals surface area (Å²) in [5, 5.41) is 11.0. The van der Waals surface area contributed by atoms with Gasteiger partial charge in [0.25, 0.3) is 5.91 Å². The third-order valence-electron chi connectivity index (χ3n) is 4.64. The number of nitrogens with zero attached hydrogens (tertiary/aromatic N) is 3. The van der Waals surface area contributed by atoms with Crippen molar-refractivity contribution in [1.29, 1.82) is 0 Å². The molecule has 3 aromatic rings. The lowest BCUT2D eigenvalue weighted by molar-refractivity contribution is 0.0937. The highest BCUT2D eigenvalue weighted by Gasteiger charge is 2.26. The van der Waals surface area contributed by atoms with Crippen molar-refractivity contribution in [2.75, 3.05) is 18.0 Å². The van der Waals surface area contributed by atoms with Crippen molar-refractivity contribution in [1.82, 2.24) is 15.5 Å². The Kier molecular flexibility index (Phi) is 5.01. The van der Waals surface area contributed by atoms with Gasteiger partial charge in [-0.25, -0.2) is 8.78 Å². The largest absolute Gasteiger partial charge is 0.405 e. The zero-order valence-corrected chi connectivity index (χ0v) is 14.9. The Bertz CT molecular complexity index is 971. The van der Waals surface area contributed by atoms with Gasteiger partial charge in [0, 0.05) is 18.7 Å². The molecule has 2 heterocycles. The van der Waals surface area contributed by atoms with Gasteiger partial charge < -0.3 is 14.6 Å². The molecule has 0 bridgehead atoms. The van der Waals surface area contributed by atoms with Crippen LogP contribution in [0, 0.1) is 11.6 Å². The normalized spacial score (nSPS) is 14.9. The third-order valence-corrected chi connectivity index (χ3v) is 4.64. The third kappa shape index (κ3) is 3.71.